The molecule has 1 aromatic carbocycles. The van der Waals surface area contributed by atoms with E-state index in [2.05, 4.69) is 80.5 Å². The van der Waals surface area contributed by atoms with Gasteiger partial charge in [-0.25, -0.2) is 0 Å². The number of aliphatic hydroxyl groups excluding tert-OH is 1. The van der Waals surface area contributed by atoms with Crippen LogP contribution in [-0.4, -0.2) is 10.2 Å². The zero-order valence-electron chi connectivity index (χ0n) is 19.5. The van der Waals surface area contributed by atoms with Crippen molar-refractivity contribution < 1.29 is 10.2 Å². The summed E-state index contributed by atoms with van der Waals surface area (Å²) in [5, 5.41) is 22.2. The lowest BCUT2D eigenvalue weighted by Crippen LogP contribution is -2.25. The van der Waals surface area contributed by atoms with Crippen LogP contribution in [0.1, 0.15) is 91.8 Å². The fourth-order valence-corrected chi connectivity index (χ4v) is 4.08. The van der Waals surface area contributed by atoms with Gasteiger partial charge >= 0.3 is 0 Å². The van der Waals surface area contributed by atoms with Gasteiger partial charge in [-0.15, -0.1) is 0 Å². The van der Waals surface area contributed by atoms with Gasteiger partial charge in [-0.2, -0.15) is 0 Å². The van der Waals surface area contributed by atoms with E-state index in [1.807, 2.05) is 0 Å². The number of aryl methyl sites for hydroxylation is 1. The van der Waals surface area contributed by atoms with E-state index >= 15 is 0 Å². The minimum Gasteiger partial charge on any atom is -0.508 e. The lowest BCUT2D eigenvalue weighted by atomic mass is 9.69. The Kier molecular flexibility index (Phi) is 6.14. The molecule has 1 aromatic rings. The van der Waals surface area contributed by atoms with E-state index in [1.54, 1.807) is 0 Å². The Balaban J connectivity index is 2.59. The summed E-state index contributed by atoms with van der Waals surface area (Å²) in [4.78, 5) is 0. The van der Waals surface area contributed by atoms with Crippen molar-refractivity contribution in [1.29, 1.82) is 0 Å². The van der Waals surface area contributed by atoms with Gasteiger partial charge in [0.1, 0.15) is 11.5 Å². The summed E-state index contributed by atoms with van der Waals surface area (Å²) < 4.78 is 0. The minimum atomic E-state index is -0.124. The van der Waals surface area contributed by atoms with Crippen molar-refractivity contribution in [3.05, 3.63) is 51.8 Å². The predicted molar refractivity (Wildman–Crippen MR) is 120 cm³/mol. The Morgan fingerprint density at radius 2 is 1.57 bits per heavy atom. The van der Waals surface area contributed by atoms with Crippen molar-refractivity contribution >= 4 is 0 Å². The second-order valence-electron chi connectivity index (χ2n) is 10.9. The van der Waals surface area contributed by atoms with Crippen molar-refractivity contribution in [3.8, 4) is 5.75 Å². The molecule has 1 aliphatic carbocycles. The van der Waals surface area contributed by atoms with E-state index in [0.29, 0.717) is 17.9 Å². The highest BCUT2D eigenvalue weighted by molar-refractivity contribution is 5.50. The Morgan fingerprint density at radius 1 is 0.964 bits per heavy atom. The number of aliphatic hydroxyl groups is 1. The second-order valence-corrected chi connectivity index (χ2v) is 10.9. The molecule has 0 fully saturated rings. The minimum absolute atomic E-state index is 0.0367. The lowest BCUT2D eigenvalue weighted by molar-refractivity contribution is 0.316. The largest absolute Gasteiger partial charge is 0.508 e. The highest BCUT2D eigenvalue weighted by Gasteiger charge is 2.34. The van der Waals surface area contributed by atoms with E-state index in [4.69, 9.17) is 0 Å². The number of allylic oxidation sites excluding steroid dienone is 3. The molecule has 2 nitrogen and oxygen atoms in total. The predicted octanol–water partition coefficient (Wildman–Crippen LogP) is 7.40. The maximum Gasteiger partial charge on any atom is 0.122 e. The van der Waals surface area contributed by atoms with Crippen molar-refractivity contribution in [3.63, 3.8) is 0 Å². The molecule has 1 atom stereocenters. The molecular formula is C26H40O2. The van der Waals surface area contributed by atoms with Gasteiger partial charge in [0, 0.05) is 6.42 Å². The molecule has 0 saturated heterocycles. The van der Waals surface area contributed by atoms with Crippen LogP contribution in [0.2, 0.25) is 0 Å². The van der Waals surface area contributed by atoms with Crippen LogP contribution in [0.25, 0.3) is 0 Å². The standard InChI is InChI=1S/C26H40O2/c1-10-17-12-18(22(27)20(13-17)24(3,4)5)14-19-15-26(9,11-2)16-21(23(19)28)25(6,7)8/h12-13,16,27-28H,10-11,14-15H2,1-9H3. The van der Waals surface area contributed by atoms with Crippen molar-refractivity contribution in [2.45, 2.75) is 93.4 Å². The Hall–Kier alpha value is -1.70. The number of hydrogen-bond acceptors (Lipinski definition) is 2. The van der Waals surface area contributed by atoms with Crippen LogP contribution < -0.4 is 0 Å². The van der Waals surface area contributed by atoms with E-state index in [1.165, 1.54) is 5.56 Å². The first-order chi connectivity index (χ1) is 12.7. The van der Waals surface area contributed by atoms with Gasteiger partial charge in [0.15, 0.2) is 0 Å². The molecule has 0 amide bonds. The molecular weight excluding hydrogens is 344 g/mol. The van der Waals surface area contributed by atoms with E-state index in [-0.39, 0.29) is 16.2 Å². The molecule has 1 aliphatic rings. The summed E-state index contributed by atoms with van der Waals surface area (Å²) >= 11 is 0. The SMILES string of the molecule is CCc1cc(CC2=C(O)C(C(C)(C)C)=CC(C)(CC)C2)c(O)c(C(C)(C)C)c1. The third-order valence-electron chi connectivity index (χ3n) is 6.18. The molecule has 0 aliphatic heterocycles. The Morgan fingerprint density at radius 3 is 2.04 bits per heavy atom. The Bertz CT molecular complexity index is 797. The smallest absolute Gasteiger partial charge is 0.122 e. The maximum absolute atomic E-state index is 11.1. The zero-order valence-corrected chi connectivity index (χ0v) is 19.5. The van der Waals surface area contributed by atoms with Crippen molar-refractivity contribution in [2.75, 3.05) is 0 Å². The van der Waals surface area contributed by atoms with E-state index < -0.39 is 0 Å². The molecule has 0 spiro atoms. The van der Waals surface area contributed by atoms with Gasteiger partial charge in [-0.05, 0) is 63.3 Å². The summed E-state index contributed by atoms with van der Waals surface area (Å²) in [5.74, 6) is 0.812. The van der Waals surface area contributed by atoms with Gasteiger partial charge in [-0.1, -0.05) is 80.5 Å². The van der Waals surface area contributed by atoms with E-state index in [0.717, 1.165) is 41.5 Å². The molecule has 0 saturated carbocycles. The number of aromatic hydroxyl groups is 1. The molecule has 156 valence electrons. The molecule has 2 N–H and O–H groups in total. The van der Waals surface area contributed by atoms with Crippen LogP contribution in [0, 0.1) is 10.8 Å². The van der Waals surface area contributed by atoms with Crippen LogP contribution in [0.3, 0.4) is 0 Å². The van der Waals surface area contributed by atoms with Gasteiger partial charge in [0.25, 0.3) is 0 Å². The lowest BCUT2D eigenvalue weighted by Gasteiger charge is -2.37. The monoisotopic (exact) mass is 384 g/mol. The first-order valence-electron chi connectivity index (χ1n) is 10.7. The van der Waals surface area contributed by atoms with Crippen molar-refractivity contribution in [1.82, 2.24) is 0 Å². The average Bonchev–Trinajstić information content (AvgIpc) is 2.57. The van der Waals surface area contributed by atoms with E-state index in [9.17, 15) is 10.2 Å². The summed E-state index contributed by atoms with van der Waals surface area (Å²) in [5.41, 5.74) is 5.02. The van der Waals surface area contributed by atoms with Crippen LogP contribution in [0.15, 0.2) is 35.1 Å². The molecule has 0 bridgehead atoms. The fraction of sp³-hybridized carbons (Fsp3) is 0.615. The highest BCUT2D eigenvalue weighted by Crippen LogP contribution is 2.46. The molecule has 1 unspecified atom stereocenters. The van der Waals surface area contributed by atoms with Crippen LogP contribution in [0.5, 0.6) is 5.75 Å². The maximum atomic E-state index is 11.1. The summed E-state index contributed by atoms with van der Waals surface area (Å²) in [6.07, 6.45) is 5.65. The normalized spacial score (nSPS) is 21.1. The van der Waals surface area contributed by atoms with Gasteiger partial charge in [-0.3, -0.25) is 0 Å². The van der Waals surface area contributed by atoms with Gasteiger partial charge < -0.3 is 10.2 Å². The molecule has 0 aromatic heterocycles. The quantitative estimate of drug-likeness (QED) is 0.568. The van der Waals surface area contributed by atoms with Crippen LogP contribution in [0.4, 0.5) is 0 Å². The first kappa shape index (κ1) is 22.6. The van der Waals surface area contributed by atoms with Crippen molar-refractivity contribution in [2.24, 2.45) is 10.8 Å². The first-order valence-corrected chi connectivity index (χ1v) is 10.7. The number of benzene rings is 1. The third kappa shape index (κ3) is 4.64. The summed E-state index contributed by atoms with van der Waals surface area (Å²) in [6.45, 7) is 19.5. The van der Waals surface area contributed by atoms with Crippen LogP contribution >= 0.6 is 0 Å². The topological polar surface area (TPSA) is 40.5 Å². The number of hydrogen-bond donors (Lipinski definition) is 2. The number of rotatable bonds is 4. The molecule has 2 heteroatoms. The number of phenolic OH excluding ortho intramolecular Hbond substituents is 1. The third-order valence-corrected chi connectivity index (χ3v) is 6.18. The molecule has 28 heavy (non-hydrogen) atoms. The van der Waals surface area contributed by atoms with Crippen LogP contribution in [-0.2, 0) is 18.3 Å². The number of phenols is 1. The van der Waals surface area contributed by atoms with Gasteiger partial charge in [0.05, 0.1) is 0 Å². The highest BCUT2D eigenvalue weighted by atomic mass is 16.3. The second kappa shape index (κ2) is 7.61. The summed E-state index contributed by atoms with van der Waals surface area (Å²) in [6, 6.07) is 4.24. The average molecular weight is 385 g/mol. The summed E-state index contributed by atoms with van der Waals surface area (Å²) in [7, 11) is 0. The Labute approximate surface area is 172 Å². The molecule has 2 rings (SSSR count). The fourth-order valence-electron chi connectivity index (χ4n) is 4.08. The molecule has 0 radical (unpaired) electrons. The van der Waals surface area contributed by atoms with Gasteiger partial charge in [0.2, 0.25) is 0 Å². The molecule has 0 heterocycles. The zero-order chi connectivity index (χ0) is 21.5.